The standard InChI is InChI=1S/C8H19N3O2S/c1-4-11-14(12,13)6-5-10-8(9)7(2)3/h7,11H,4-6H2,1-3H3,(H2,9,10). The van der Waals surface area contributed by atoms with Crippen LogP contribution in [-0.2, 0) is 10.0 Å². The fourth-order valence-corrected chi connectivity index (χ4v) is 1.69. The summed E-state index contributed by atoms with van der Waals surface area (Å²) < 4.78 is 24.7. The van der Waals surface area contributed by atoms with Crippen LogP contribution in [0.4, 0.5) is 0 Å². The number of hydrogen-bond donors (Lipinski definition) is 2. The van der Waals surface area contributed by atoms with Gasteiger partial charge in [-0.1, -0.05) is 20.8 Å². The van der Waals surface area contributed by atoms with E-state index in [-0.39, 0.29) is 18.2 Å². The van der Waals surface area contributed by atoms with Crippen molar-refractivity contribution in [3.8, 4) is 0 Å². The highest BCUT2D eigenvalue weighted by atomic mass is 32.2. The van der Waals surface area contributed by atoms with Crippen molar-refractivity contribution in [2.75, 3.05) is 18.8 Å². The van der Waals surface area contributed by atoms with E-state index in [1.165, 1.54) is 0 Å². The molecule has 0 radical (unpaired) electrons. The molecule has 0 saturated carbocycles. The third-order valence-electron chi connectivity index (χ3n) is 1.61. The highest BCUT2D eigenvalue weighted by Gasteiger charge is 2.07. The fraction of sp³-hybridized carbons (Fsp3) is 0.875. The van der Waals surface area contributed by atoms with E-state index in [0.29, 0.717) is 12.4 Å². The molecule has 0 aliphatic rings. The van der Waals surface area contributed by atoms with E-state index < -0.39 is 10.0 Å². The van der Waals surface area contributed by atoms with Gasteiger partial charge in [-0.2, -0.15) is 0 Å². The first kappa shape index (κ1) is 13.4. The predicted molar refractivity (Wildman–Crippen MR) is 58.8 cm³/mol. The molecule has 0 aromatic carbocycles. The van der Waals surface area contributed by atoms with Crippen LogP contribution in [-0.4, -0.2) is 33.1 Å². The molecule has 5 nitrogen and oxygen atoms in total. The summed E-state index contributed by atoms with van der Waals surface area (Å²) in [5.41, 5.74) is 5.55. The number of nitrogens with one attached hydrogen (secondary N) is 1. The predicted octanol–water partition coefficient (Wildman–Crippen LogP) is -0.0611. The molecule has 0 amide bonds. The topological polar surface area (TPSA) is 84.5 Å². The van der Waals surface area contributed by atoms with E-state index in [0.717, 1.165) is 0 Å². The van der Waals surface area contributed by atoms with Gasteiger partial charge in [-0.3, -0.25) is 4.99 Å². The quantitative estimate of drug-likeness (QED) is 0.487. The van der Waals surface area contributed by atoms with Gasteiger partial charge in [0.25, 0.3) is 0 Å². The Morgan fingerprint density at radius 1 is 1.50 bits per heavy atom. The van der Waals surface area contributed by atoms with Gasteiger partial charge in [0, 0.05) is 12.5 Å². The molecule has 0 unspecified atom stereocenters. The van der Waals surface area contributed by atoms with E-state index in [2.05, 4.69) is 9.71 Å². The van der Waals surface area contributed by atoms with Gasteiger partial charge in [0.05, 0.1) is 18.1 Å². The monoisotopic (exact) mass is 221 g/mol. The van der Waals surface area contributed by atoms with Crippen molar-refractivity contribution >= 4 is 15.9 Å². The first-order valence-electron chi connectivity index (χ1n) is 4.66. The lowest BCUT2D eigenvalue weighted by Gasteiger charge is -2.04. The maximum Gasteiger partial charge on any atom is 0.213 e. The Morgan fingerprint density at radius 3 is 2.50 bits per heavy atom. The molecule has 0 bridgehead atoms. The van der Waals surface area contributed by atoms with Crippen LogP contribution in [0.1, 0.15) is 20.8 Å². The van der Waals surface area contributed by atoms with E-state index in [9.17, 15) is 8.42 Å². The van der Waals surface area contributed by atoms with Gasteiger partial charge >= 0.3 is 0 Å². The average molecular weight is 221 g/mol. The Labute approximate surface area is 85.8 Å². The zero-order valence-corrected chi connectivity index (χ0v) is 9.76. The SMILES string of the molecule is CCNS(=O)(=O)CCN=C(N)C(C)C. The Morgan fingerprint density at radius 2 is 2.07 bits per heavy atom. The maximum absolute atomic E-state index is 11.2. The van der Waals surface area contributed by atoms with Crippen LogP contribution < -0.4 is 10.5 Å². The molecule has 84 valence electrons. The third kappa shape index (κ3) is 5.93. The molecule has 3 N–H and O–H groups in total. The molecule has 14 heavy (non-hydrogen) atoms. The molecule has 0 aromatic heterocycles. The molecular formula is C8H19N3O2S. The molecule has 6 heteroatoms. The molecule has 0 saturated heterocycles. The summed E-state index contributed by atoms with van der Waals surface area (Å²) in [7, 11) is -3.17. The van der Waals surface area contributed by atoms with Gasteiger partial charge in [0.15, 0.2) is 0 Å². The molecular weight excluding hydrogens is 202 g/mol. The molecule has 0 heterocycles. The van der Waals surface area contributed by atoms with Crippen LogP contribution in [0.25, 0.3) is 0 Å². The number of sulfonamides is 1. The highest BCUT2D eigenvalue weighted by molar-refractivity contribution is 7.89. The zero-order valence-electron chi connectivity index (χ0n) is 8.95. The molecule has 0 aliphatic heterocycles. The van der Waals surface area contributed by atoms with Gasteiger partial charge in [-0.05, 0) is 0 Å². The van der Waals surface area contributed by atoms with E-state index in [1.54, 1.807) is 6.92 Å². The van der Waals surface area contributed by atoms with Crippen molar-refractivity contribution < 1.29 is 8.42 Å². The van der Waals surface area contributed by atoms with Gasteiger partial charge in [-0.15, -0.1) is 0 Å². The lowest BCUT2D eigenvalue weighted by atomic mass is 10.2. The van der Waals surface area contributed by atoms with Gasteiger partial charge in [0.1, 0.15) is 0 Å². The lowest BCUT2D eigenvalue weighted by molar-refractivity contribution is 0.583. The second kappa shape index (κ2) is 5.98. The van der Waals surface area contributed by atoms with Crippen molar-refractivity contribution in [3.05, 3.63) is 0 Å². The lowest BCUT2D eigenvalue weighted by Crippen LogP contribution is -2.28. The Hall–Kier alpha value is -0.620. The van der Waals surface area contributed by atoms with Crippen LogP contribution in [0.3, 0.4) is 0 Å². The molecule has 0 fully saturated rings. The molecule has 0 rings (SSSR count). The van der Waals surface area contributed by atoms with E-state index in [1.807, 2.05) is 13.8 Å². The summed E-state index contributed by atoms with van der Waals surface area (Å²) in [6.07, 6.45) is 0. The Balaban J connectivity index is 4.02. The van der Waals surface area contributed by atoms with Crippen LogP contribution in [0.5, 0.6) is 0 Å². The normalized spacial score (nSPS) is 13.6. The largest absolute Gasteiger partial charge is 0.387 e. The zero-order chi connectivity index (χ0) is 11.2. The number of nitrogens with two attached hydrogens (primary N) is 1. The summed E-state index contributed by atoms with van der Waals surface area (Å²) >= 11 is 0. The number of nitrogens with zero attached hydrogens (tertiary/aromatic N) is 1. The third-order valence-corrected chi connectivity index (χ3v) is 3.06. The first-order chi connectivity index (χ1) is 6.39. The minimum atomic E-state index is -3.17. The summed E-state index contributed by atoms with van der Waals surface area (Å²) in [5.74, 6) is 0.655. The van der Waals surface area contributed by atoms with Crippen molar-refractivity contribution in [2.45, 2.75) is 20.8 Å². The van der Waals surface area contributed by atoms with Crippen LogP contribution >= 0.6 is 0 Å². The van der Waals surface area contributed by atoms with Gasteiger partial charge < -0.3 is 5.73 Å². The number of rotatable bonds is 6. The Bertz CT molecular complexity index is 283. The maximum atomic E-state index is 11.2. The summed E-state index contributed by atoms with van der Waals surface area (Å²) in [5, 5.41) is 0. The second-order valence-electron chi connectivity index (χ2n) is 3.28. The van der Waals surface area contributed by atoms with Crippen LogP contribution in [0.15, 0.2) is 4.99 Å². The minimum absolute atomic E-state index is 0.00569. The van der Waals surface area contributed by atoms with Crippen molar-refractivity contribution in [1.82, 2.24) is 4.72 Å². The smallest absolute Gasteiger partial charge is 0.213 e. The van der Waals surface area contributed by atoms with Crippen LogP contribution in [0, 0.1) is 5.92 Å². The Kier molecular flexibility index (Phi) is 5.71. The molecule has 0 atom stereocenters. The van der Waals surface area contributed by atoms with Crippen LogP contribution in [0.2, 0.25) is 0 Å². The molecule has 0 spiro atoms. The van der Waals surface area contributed by atoms with E-state index in [4.69, 9.17) is 5.73 Å². The highest BCUT2D eigenvalue weighted by Crippen LogP contribution is 1.92. The average Bonchev–Trinajstić information content (AvgIpc) is 2.03. The summed E-state index contributed by atoms with van der Waals surface area (Å²) in [4.78, 5) is 3.97. The minimum Gasteiger partial charge on any atom is -0.387 e. The first-order valence-corrected chi connectivity index (χ1v) is 6.31. The number of aliphatic imine (C=N–C) groups is 1. The van der Waals surface area contributed by atoms with Crippen molar-refractivity contribution in [3.63, 3.8) is 0 Å². The van der Waals surface area contributed by atoms with Gasteiger partial charge in [0.2, 0.25) is 10.0 Å². The van der Waals surface area contributed by atoms with E-state index >= 15 is 0 Å². The summed E-state index contributed by atoms with van der Waals surface area (Å²) in [6, 6.07) is 0. The summed E-state index contributed by atoms with van der Waals surface area (Å²) in [6.45, 7) is 6.20. The number of hydrogen-bond acceptors (Lipinski definition) is 3. The number of amidine groups is 1. The van der Waals surface area contributed by atoms with Crippen molar-refractivity contribution in [2.24, 2.45) is 16.6 Å². The van der Waals surface area contributed by atoms with Crippen molar-refractivity contribution in [1.29, 1.82) is 0 Å². The fourth-order valence-electron chi connectivity index (χ4n) is 0.770. The van der Waals surface area contributed by atoms with Gasteiger partial charge in [-0.25, -0.2) is 13.1 Å². The second-order valence-corrected chi connectivity index (χ2v) is 5.20. The molecule has 0 aromatic rings. The molecule has 0 aliphatic carbocycles.